The Morgan fingerprint density at radius 1 is 1.33 bits per heavy atom. The Morgan fingerprint density at radius 3 is 2.61 bits per heavy atom. The van der Waals surface area contributed by atoms with E-state index in [1.165, 1.54) is 12.8 Å². The van der Waals surface area contributed by atoms with Gasteiger partial charge in [-0.15, -0.1) is 0 Å². The Kier molecular flexibility index (Phi) is 6.65. The first-order valence-corrected chi connectivity index (χ1v) is 7.13. The van der Waals surface area contributed by atoms with E-state index in [2.05, 4.69) is 24.1 Å². The second kappa shape index (κ2) is 7.74. The maximum Gasteiger partial charge on any atom is 0.221 e. The van der Waals surface area contributed by atoms with Crippen LogP contribution in [0.25, 0.3) is 0 Å². The van der Waals surface area contributed by atoms with Crippen molar-refractivity contribution >= 4 is 5.91 Å². The van der Waals surface area contributed by atoms with Gasteiger partial charge in [0.2, 0.25) is 5.91 Å². The smallest absolute Gasteiger partial charge is 0.221 e. The topological polar surface area (TPSA) is 52.6 Å². The van der Waals surface area contributed by atoms with Crippen molar-refractivity contribution in [2.75, 3.05) is 32.8 Å². The first-order valence-electron chi connectivity index (χ1n) is 7.13. The highest BCUT2D eigenvalue weighted by Gasteiger charge is 2.19. The molecule has 18 heavy (non-hydrogen) atoms. The summed E-state index contributed by atoms with van der Waals surface area (Å²) in [5, 5.41) is 11.8. The van der Waals surface area contributed by atoms with Crippen LogP contribution in [0.3, 0.4) is 0 Å². The molecule has 1 rings (SSSR count). The van der Waals surface area contributed by atoms with Crippen LogP contribution in [0.1, 0.15) is 46.0 Å². The Labute approximate surface area is 111 Å². The number of hydrogen-bond donors (Lipinski definition) is 2. The number of rotatable bonds is 8. The summed E-state index contributed by atoms with van der Waals surface area (Å²) in [6.45, 7) is 8.37. The van der Waals surface area contributed by atoms with Crippen molar-refractivity contribution in [2.45, 2.75) is 46.0 Å². The largest absolute Gasteiger partial charge is 0.396 e. The van der Waals surface area contributed by atoms with Crippen LogP contribution >= 0.6 is 0 Å². The third kappa shape index (κ3) is 6.36. The first-order chi connectivity index (χ1) is 8.53. The number of carbonyl (C=O) groups is 1. The third-order valence-electron chi connectivity index (χ3n) is 3.63. The molecule has 0 atom stereocenters. The lowest BCUT2D eigenvalue weighted by Crippen LogP contribution is -2.36. The summed E-state index contributed by atoms with van der Waals surface area (Å²) in [6, 6.07) is 0. The Hall–Kier alpha value is -0.610. The number of aliphatic hydroxyl groups is 1. The second-order valence-corrected chi connectivity index (χ2v) is 6.07. The van der Waals surface area contributed by atoms with Gasteiger partial charge in [0.15, 0.2) is 0 Å². The molecule has 0 spiro atoms. The van der Waals surface area contributed by atoms with Crippen molar-refractivity contribution in [1.29, 1.82) is 0 Å². The summed E-state index contributed by atoms with van der Waals surface area (Å²) in [4.78, 5) is 14.1. The van der Waals surface area contributed by atoms with Gasteiger partial charge in [-0.1, -0.05) is 13.8 Å². The molecule has 1 aliphatic rings. The van der Waals surface area contributed by atoms with Crippen LogP contribution in [0, 0.1) is 5.41 Å². The second-order valence-electron chi connectivity index (χ2n) is 6.07. The fourth-order valence-electron chi connectivity index (χ4n) is 2.34. The molecule has 0 aromatic rings. The number of hydrogen-bond acceptors (Lipinski definition) is 3. The molecule has 1 fully saturated rings. The minimum atomic E-state index is 0.0754. The lowest BCUT2D eigenvalue weighted by atomic mass is 9.88. The van der Waals surface area contributed by atoms with Crippen molar-refractivity contribution in [1.82, 2.24) is 10.2 Å². The molecule has 1 saturated heterocycles. The zero-order valence-electron chi connectivity index (χ0n) is 11.9. The average molecular weight is 256 g/mol. The van der Waals surface area contributed by atoms with Gasteiger partial charge in [-0.25, -0.2) is 0 Å². The highest BCUT2D eigenvalue weighted by Crippen LogP contribution is 2.20. The van der Waals surface area contributed by atoms with Gasteiger partial charge in [0.1, 0.15) is 0 Å². The molecular weight excluding hydrogens is 228 g/mol. The molecule has 0 bridgehead atoms. The zero-order chi connectivity index (χ0) is 13.4. The van der Waals surface area contributed by atoms with Crippen molar-refractivity contribution in [3.05, 3.63) is 0 Å². The lowest BCUT2D eigenvalue weighted by Gasteiger charge is -2.25. The van der Waals surface area contributed by atoms with E-state index >= 15 is 0 Å². The lowest BCUT2D eigenvalue weighted by molar-refractivity contribution is -0.121. The van der Waals surface area contributed by atoms with E-state index in [1.807, 2.05) is 0 Å². The first kappa shape index (κ1) is 15.4. The van der Waals surface area contributed by atoms with Crippen molar-refractivity contribution in [2.24, 2.45) is 5.41 Å². The van der Waals surface area contributed by atoms with E-state index in [4.69, 9.17) is 5.11 Å². The predicted octanol–water partition coefficient (Wildman–Crippen LogP) is 1.39. The summed E-state index contributed by atoms with van der Waals surface area (Å²) < 4.78 is 0. The standard InChI is InChI=1S/C14H28N2O2/c1-14(2,7-5-11-17)12-15-13(18)6-10-16-8-3-4-9-16/h17H,3-12H2,1-2H3,(H,15,18). The number of nitrogens with one attached hydrogen (secondary N) is 1. The van der Waals surface area contributed by atoms with Gasteiger partial charge in [0.25, 0.3) is 0 Å². The van der Waals surface area contributed by atoms with Crippen LogP contribution in [-0.4, -0.2) is 48.7 Å². The third-order valence-corrected chi connectivity index (χ3v) is 3.63. The van der Waals surface area contributed by atoms with E-state index in [0.29, 0.717) is 13.0 Å². The van der Waals surface area contributed by atoms with Crippen LogP contribution in [0.15, 0.2) is 0 Å². The molecule has 4 nitrogen and oxygen atoms in total. The molecule has 2 N–H and O–H groups in total. The van der Waals surface area contributed by atoms with Gasteiger partial charge in [-0.05, 0) is 44.2 Å². The summed E-state index contributed by atoms with van der Waals surface area (Å²) in [5.74, 6) is 0.152. The highest BCUT2D eigenvalue weighted by atomic mass is 16.2. The predicted molar refractivity (Wildman–Crippen MR) is 73.4 cm³/mol. The molecule has 0 aliphatic carbocycles. The summed E-state index contributed by atoms with van der Waals surface area (Å²) in [6.07, 6.45) is 4.90. The maximum absolute atomic E-state index is 11.7. The van der Waals surface area contributed by atoms with Crippen LogP contribution in [0.5, 0.6) is 0 Å². The van der Waals surface area contributed by atoms with Crippen LogP contribution < -0.4 is 5.32 Å². The molecule has 1 aliphatic heterocycles. The molecule has 1 heterocycles. The van der Waals surface area contributed by atoms with Gasteiger partial charge in [0.05, 0.1) is 0 Å². The molecular formula is C14H28N2O2. The van der Waals surface area contributed by atoms with Crippen LogP contribution in [-0.2, 0) is 4.79 Å². The summed E-state index contributed by atoms with van der Waals surface area (Å²) >= 11 is 0. The monoisotopic (exact) mass is 256 g/mol. The van der Waals surface area contributed by atoms with Crippen LogP contribution in [0.4, 0.5) is 0 Å². The Morgan fingerprint density at radius 2 is 2.00 bits per heavy atom. The summed E-state index contributed by atoms with van der Waals surface area (Å²) in [5.41, 5.74) is 0.0754. The van der Waals surface area contributed by atoms with E-state index in [0.717, 1.165) is 32.5 Å². The van der Waals surface area contributed by atoms with Crippen LogP contribution in [0.2, 0.25) is 0 Å². The Balaban J connectivity index is 2.11. The number of aliphatic hydroxyl groups excluding tert-OH is 1. The minimum Gasteiger partial charge on any atom is -0.396 e. The molecule has 0 unspecified atom stereocenters. The number of carbonyl (C=O) groups excluding carboxylic acids is 1. The highest BCUT2D eigenvalue weighted by molar-refractivity contribution is 5.76. The van der Waals surface area contributed by atoms with E-state index in [-0.39, 0.29) is 17.9 Å². The molecule has 0 aromatic carbocycles. The van der Waals surface area contributed by atoms with Gasteiger partial charge >= 0.3 is 0 Å². The SMILES string of the molecule is CC(C)(CCCO)CNC(=O)CCN1CCCC1. The number of amides is 1. The fourth-order valence-corrected chi connectivity index (χ4v) is 2.34. The van der Waals surface area contributed by atoms with Crippen molar-refractivity contribution in [3.63, 3.8) is 0 Å². The average Bonchev–Trinajstić information content (AvgIpc) is 2.84. The zero-order valence-corrected chi connectivity index (χ0v) is 11.9. The minimum absolute atomic E-state index is 0.0754. The number of nitrogens with zero attached hydrogens (tertiary/aromatic N) is 1. The van der Waals surface area contributed by atoms with E-state index in [1.54, 1.807) is 0 Å². The van der Waals surface area contributed by atoms with Gasteiger partial charge in [0, 0.05) is 26.1 Å². The van der Waals surface area contributed by atoms with Gasteiger partial charge < -0.3 is 15.3 Å². The molecule has 1 amide bonds. The van der Waals surface area contributed by atoms with E-state index in [9.17, 15) is 4.79 Å². The normalized spacial score (nSPS) is 17.1. The van der Waals surface area contributed by atoms with Crippen molar-refractivity contribution in [3.8, 4) is 0 Å². The molecule has 0 aromatic heterocycles. The molecule has 106 valence electrons. The van der Waals surface area contributed by atoms with E-state index < -0.39 is 0 Å². The molecule has 4 heteroatoms. The quantitative estimate of drug-likeness (QED) is 0.690. The molecule has 0 saturated carbocycles. The Bertz CT molecular complexity index is 248. The van der Waals surface area contributed by atoms with Gasteiger partial charge in [-0.2, -0.15) is 0 Å². The summed E-state index contributed by atoms with van der Waals surface area (Å²) in [7, 11) is 0. The van der Waals surface area contributed by atoms with Crippen molar-refractivity contribution < 1.29 is 9.90 Å². The molecule has 0 radical (unpaired) electrons. The maximum atomic E-state index is 11.7. The van der Waals surface area contributed by atoms with Gasteiger partial charge in [-0.3, -0.25) is 4.79 Å². The fraction of sp³-hybridized carbons (Fsp3) is 0.929. The number of likely N-dealkylation sites (tertiary alicyclic amines) is 1.